The van der Waals surface area contributed by atoms with E-state index in [4.69, 9.17) is 10.00 Å². The molecule has 0 amide bonds. The Labute approximate surface area is 112 Å². The smallest absolute Gasteiger partial charge is 0.219 e. The standard InChI is InChI=1S/C13H8BrFN2O/c1-8-10(14)3-5-13(17-8)18-12-4-2-9(7-16)6-11(12)15/h2-6H,1H3. The van der Waals surface area contributed by atoms with Crippen molar-refractivity contribution < 1.29 is 9.13 Å². The average Bonchev–Trinajstić information content (AvgIpc) is 2.36. The van der Waals surface area contributed by atoms with Gasteiger partial charge in [0.15, 0.2) is 11.6 Å². The van der Waals surface area contributed by atoms with Crippen molar-refractivity contribution >= 4 is 15.9 Å². The number of pyridine rings is 1. The number of aromatic nitrogens is 1. The van der Waals surface area contributed by atoms with Crippen LogP contribution in [0.25, 0.3) is 0 Å². The van der Waals surface area contributed by atoms with Crippen LogP contribution in [0.5, 0.6) is 11.6 Å². The Morgan fingerprint density at radius 3 is 2.72 bits per heavy atom. The van der Waals surface area contributed by atoms with Crippen LogP contribution < -0.4 is 4.74 Å². The third-order valence-electron chi connectivity index (χ3n) is 2.27. The molecule has 0 unspecified atom stereocenters. The van der Waals surface area contributed by atoms with Crippen LogP contribution in [0.2, 0.25) is 0 Å². The molecule has 1 aromatic carbocycles. The maximum atomic E-state index is 13.6. The van der Waals surface area contributed by atoms with Gasteiger partial charge in [-0.05, 0) is 47.1 Å². The Morgan fingerprint density at radius 2 is 2.11 bits per heavy atom. The molecular weight excluding hydrogens is 299 g/mol. The molecule has 0 saturated carbocycles. The van der Waals surface area contributed by atoms with Crippen LogP contribution in [0, 0.1) is 24.1 Å². The number of hydrogen-bond donors (Lipinski definition) is 0. The molecule has 0 aliphatic heterocycles. The van der Waals surface area contributed by atoms with E-state index < -0.39 is 5.82 Å². The van der Waals surface area contributed by atoms with Gasteiger partial charge in [-0.2, -0.15) is 5.26 Å². The predicted molar refractivity (Wildman–Crippen MR) is 67.9 cm³/mol. The van der Waals surface area contributed by atoms with E-state index in [1.807, 2.05) is 13.0 Å². The average molecular weight is 307 g/mol. The fourth-order valence-electron chi connectivity index (χ4n) is 1.34. The first-order valence-electron chi connectivity index (χ1n) is 5.11. The van der Waals surface area contributed by atoms with Crippen LogP contribution in [0.15, 0.2) is 34.8 Å². The highest BCUT2D eigenvalue weighted by Gasteiger charge is 2.07. The summed E-state index contributed by atoms with van der Waals surface area (Å²) in [5.41, 5.74) is 1.00. The van der Waals surface area contributed by atoms with Crippen molar-refractivity contribution in [2.45, 2.75) is 6.92 Å². The Bertz CT molecular complexity index is 637. The first-order valence-corrected chi connectivity index (χ1v) is 5.90. The van der Waals surface area contributed by atoms with Gasteiger partial charge in [0.2, 0.25) is 5.88 Å². The zero-order valence-corrected chi connectivity index (χ0v) is 11.0. The summed E-state index contributed by atoms with van der Waals surface area (Å²) < 4.78 is 19.8. The van der Waals surface area contributed by atoms with Crippen LogP contribution in [0.3, 0.4) is 0 Å². The van der Waals surface area contributed by atoms with E-state index in [0.717, 1.165) is 16.2 Å². The number of aryl methyl sites for hydroxylation is 1. The summed E-state index contributed by atoms with van der Waals surface area (Å²) in [6, 6.07) is 9.29. The highest BCUT2D eigenvalue weighted by molar-refractivity contribution is 9.10. The van der Waals surface area contributed by atoms with Gasteiger partial charge < -0.3 is 4.74 Å². The largest absolute Gasteiger partial charge is 0.436 e. The molecule has 0 saturated heterocycles. The number of ether oxygens (including phenoxy) is 1. The fourth-order valence-corrected chi connectivity index (χ4v) is 1.56. The molecule has 5 heteroatoms. The van der Waals surface area contributed by atoms with Crippen LogP contribution in [-0.2, 0) is 0 Å². The molecule has 0 bridgehead atoms. The Morgan fingerprint density at radius 1 is 1.33 bits per heavy atom. The van der Waals surface area contributed by atoms with Crippen molar-refractivity contribution in [3.8, 4) is 17.7 Å². The topological polar surface area (TPSA) is 45.9 Å². The molecule has 3 nitrogen and oxygen atoms in total. The molecule has 1 heterocycles. The number of rotatable bonds is 2. The minimum atomic E-state index is -0.587. The minimum Gasteiger partial charge on any atom is -0.436 e. The maximum Gasteiger partial charge on any atom is 0.219 e. The molecule has 18 heavy (non-hydrogen) atoms. The second-order valence-electron chi connectivity index (χ2n) is 3.58. The van der Waals surface area contributed by atoms with Gasteiger partial charge in [0.1, 0.15) is 0 Å². The summed E-state index contributed by atoms with van der Waals surface area (Å²) in [6.45, 7) is 1.81. The molecule has 0 atom stereocenters. The lowest BCUT2D eigenvalue weighted by molar-refractivity contribution is 0.426. The first kappa shape index (κ1) is 12.5. The van der Waals surface area contributed by atoms with Gasteiger partial charge >= 0.3 is 0 Å². The Balaban J connectivity index is 2.29. The number of halogens is 2. The molecule has 0 N–H and O–H groups in total. The second kappa shape index (κ2) is 5.15. The number of benzene rings is 1. The van der Waals surface area contributed by atoms with Crippen molar-refractivity contribution in [2.24, 2.45) is 0 Å². The Kier molecular flexibility index (Phi) is 3.58. The summed E-state index contributed by atoms with van der Waals surface area (Å²) >= 11 is 3.32. The lowest BCUT2D eigenvalue weighted by Crippen LogP contribution is -1.93. The number of hydrogen-bond acceptors (Lipinski definition) is 3. The highest BCUT2D eigenvalue weighted by atomic mass is 79.9. The van der Waals surface area contributed by atoms with Crippen molar-refractivity contribution in [1.29, 1.82) is 5.26 Å². The third-order valence-corrected chi connectivity index (χ3v) is 3.11. The summed E-state index contributed by atoms with van der Waals surface area (Å²) in [5.74, 6) is -0.237. The lowest BCUT2D eigenvalue weighted by Gasteiger charge is -2.07. The quantitative estimate of drug-likeness (QED) is 0.843. The van der Waals surface area contributed by atoms with Gasteiger partial charge in [-0.15, -0.1) is 0 Å². The van der Waals surface area contributed by atoms with E-state index in [2.05, 4.69) is 20.9 Å². The van der Waals surface area contributed by atoms with E-state index in [1.54, 1.807) is 12.1 Å². The van der Waals surface area contributed by atoms with Crippen molar-refractivity contribution in [1.82, 2.24) is 4.98 Å². The SMILES string of the molecule is Cc1nc(Oc2ccc(C#N)cc2F)ccc1Br. The third kappa shape index (κ3) is 2.66. The van der Waals surface area contributed by atoms with Gasteiger partial charge in [-0.25, -0.2) is 9.37 Å². The zero-order valence-electron chi connectivity index (χ0n) is 9.45. The normalized spacial score (nSPS) is 9.89. The molecule has 0 spiro atoms. The van der Waals surface area contributed by atoms with Crippen LogP contribution in [0.4, 0.5) is 4.39 Å². The summed E-state index contributed by atoms with van der Waals surface area (Å²) in [4.78, 5) is 4.15. The van der Waals surface area contributed by atoms with Gasteiger partial charge in [0.25, 0.3) is 0 Å². The molecule has 1 aromatic heterocycles. The van der Waals surface area contributed by atoms with Gasteiger partial charge in [0, 0.05) is 10.5 Å². The minimum absolute atomic E-state index is 0.0447. The van der Waals surface area contributed by atoms with E-state index in [-0.39, 0.29) is 11.3 Å². The van der Waals surface area contributed by atoms with Gasteiger partial charge in [-0.1, -0.05) is 0 Å². The van der Waals surface area contributed by atoms with Crippen molar-refractivity contribution in [2.75, 3.05) is 0 Å². The molecule has 2 rings (SSSR count). The monoisotopic (exact) mass is 306 g/mol. The van der Waals surface area contributed by atoms with Crippen LogP contribution in [-0.4, -0.2) is 4.98 Å². The van der Waals surface area contributed by atoms with E-state index >= 15 is 0 Å². The van der Waals surface area contributed by atoms with Crippen LogP contribution >= 0.6 is 15.9 Å². The maximum absolute atomic E-state index is 13.6. The summed E-state index contributed by atoms with van der Waals surface area (Å²) in [7, 11) is 0. The second-order valence-corrected chi connectivity index (χ2v) is 4.43. The highest BCUT2D eigenvalue weighted by Crippen LogP contribution is 2.25. The zero-order chi connectivity index (χ0) is 13.1. The lowest BCUT2D eigenvalue weighted by atomic mass is 10.2. The van der Waals surface area contributed by atoms with Crippen molar-refractivity contribution in [3.05, 3.63) is 51.9 Å². The molecule has 0 aliphatic carbocycles. The fraction of sp³-hybridized carbons (Fsp3) is 0.0769. The van der Waals surface area contributed by atoms with E-state index in [1.165, 1.54) is 12.1 Å². The summed E-state index contributed by atoms with van der Waals surface area (Å²) in [6.07, 6.45) is 0. The molecule has 0 fully saturated rings. The molecule has 90 valence electrons. The number of nitriles is 1. The van der Waals surface area contributed by atoms with Crippen molar-refractivity contribution in [3.63, 3.8) is 0 Å². The molecule has 0 aliphatic rings. The van der Waals surface area contributed by atoms with Gasteiger partial charge in [-0.3, -0.25) is 0 Å². The number of nitrogens with zero attached hydrogens (tertiary/aromatic N) is 2. The molecule has 2 aromatic rings. The Hall–Kier alpha value is -1.93. The molecule has 0 radical (unpaired) electrons. The first-order chi connectivity index (χ1) is 8.60. The van der Waals surface area contributed by atoms with E-state index in [9.17, 15) is 4.39 Å². The van der Waals surface area contributed by atoms with Crippen LogP contribution in [0.1, 0.15) is 11.3 Å². The summed E-state index contributed by atoms with van der Waals surface area (Å²) in [5, 5.41) is 8.63. The van der Waals surface area contributed by atoms with E-state index in [0.29, 0.717) is 5.88 Å². The predicted octanol–water partition coefficient (Wildman–Crippen LogP) is 3.96. The van der Waals surface area contributed by atoms with Gasteiger partial charge in [0.05, 0.1) is 17.3 Å². The molecular formula is C13H8BrFN2O.